The fourth-order valence-corrected chi connectivity index (χ4v) is 2.66. The lowest BCUT2D eigenvalue weighted by molar-refractivity contribution is -0.0776. The van der Waals surface area contributed by atoms with Crippen molar-refractivity contribution in [3.8, 4) is 0 Å². The van der Waals surface area contributed by atoms with Gasteiger partial charge in [-0.1, -0.05) is 29.4 Å². The molecule has 5 heteroatoms. The maximum Gasteiger partial charge on any atom is 0.178 e. The number of hydrogen-bond acceptors (Lipinski definition) is 4. The zero-order chi connectivity index (χ0) is 14.1. The molecule has 0 aliphatic heterocycles. The topological polar surface area (TPSA) is 67.8 Å². The number of nitrogens with two attached hydrogens (primary N) is 1. The van der Waals surface area contributed by atoms with Crippen LogP contribution in [0.4, 0.5) is 4.53 Å². The van der Waals surface area contributed by atoms with E-state index in [-0.39, 0.29) is 5.76 Å². The summed E-state index contributed by atoms with van der Waals surface area (Å²) < 4.78 is 12.8. The van der Waals surface area contributed by atoms with Gasteiger partial charge in [-0.3, -0.25) is 4.94 Å². The van der Waals surface area contributed by atoms with Crippen LogP contribution in [0.5, 0.6) is 0 Å². The number of benzene rings is 1. The first-order valence-corrected chi connectivity index (χ1v) is 6.28. The van der Waals surface area contributed by atoms with Crippen LogP contribution in [-0.2, 0) is 4.94 Å². The number of halogens is 1. The van der Waals surface area contributed by atoms with Crippen molar-refractivity contribution in [1.29, 1.82) is 0 Å². The zero-order valence-electron chi connectivity index (χ0n) is 10.6. The Morgan fingerprint density at radius 1 is 1.20 bits per heavy atom. The zero-order valence-corrected chi connectivity index (χ0v) is 10.6. The van der Waals surface area contributed by atoms with Crippen molar-refractivity contribution in [3.05, 3.63) is 58.4 Å². The third kappa shape index (κ3) is 1.75. The van der Waals surface area contributed by atoms with Gasteiger partial charge in [-0.15, -0.1) is 0 Å². The van der Waals surface area contributed by atoms with Crippen molar-refractivity contribution in [2.24, 2.45) is 10.9 Å². The van der Waals surface area contributed by atoms with Gasteiger partial charge in [0.1, 0.15) is 5.71 Å². The predicted octanol–water partition coefficient (Wildman–Crippen LogP) is 2.81. The van der Waals surface area contributed by atoms with Crippen molar-refractivity contribution in [3.63, 3.8) is 0 Å². The number of oxime groups is 1. The summed E-state index contributed by atoms with van der Waals surface area (Å²) in [5.41, 5.74) is 9.83. The monoisotopic (exact) mass is 272 g/mol. The molecule has 3 N–H and O–H groups in total. The molecule has 0 atom stereocenters. The largest absolute Gasteiger partial charge is 0.410 e. The quantitative estimate of drug-likeness (QED) is 0.656. The number of fused-ring (bicyclic) bond motifs is 3. The highest BCUT2D eigenvalue weighted by molar-refractivity contribution is 6.28. The second-order valence-corrected chi connectivity index (χ2v) is 4.61. The van der Waals surface area contributed by atoms with Gasteiger partial charge in [0.25, 0.3) is 0 Å². The molecule has 0 unspecified atom stereocenters. The van der Waals surface area contributed by atoms with Gasteiger partial charge in [0.2, 0.25) is 0 Å². The fraction of sp³-hybridized carbons (Fsp3) is 0.133. The molecule has 3 rings (SSSR count). The molecule has 0 heterocycles. The first-order valence-electron chi connectivity index (χ1n) is 6.28. The molecule has 2 aliphatic rings. The van der Waals surface area contributed by atoms with E-state index in [1.165, 1.54) is 0 Å². The number of rotatable bonds is 3. The Labute approximate surface area is 115 Å². The smallest absolute Gasteiger partial charge is 0.178 e. The van der Waals surface area contributed by atoms with Crippen LogP contribution in [0.25, 0.3) is 11.6 Å². The van der Waals surface area contributed by atoms with E-state index in [1.54, 1.807) is 6.08 Å². The summed E-state index contributed by atoms with van der Waals surface area (Å²) in [5.74, 6) is 0.0482. The summed E-state index contributed by atoms with van der Waals surface area (Å²) in [7, 11) is 0. The van der Waals surface area contributed by atoms with Gasteiger partial charge in [-0.05, 0) is 41.8 Å². The number of nitrogens with zero attached hydrogens (tertiary/aromatic N) is 1. The molecule has 0 saturated heterocycles. The molecular formula is C15H13FN2O2. The first-order chi connectivity index (χ1) is 9.80. The molecule has 0 saturated carbocycles. The molecule has 4 nitrogen and oxygen atoms in total. The van der Waals surface area contributed by atoms with Gasteiger partial charge in [0, 0.05) is 15.7 Å². The summed E-state index contributed by atoms with van der Waals surface area (Å²) in [6.45, 7) is 0.310. The van der Waals surface area contributed by atoms with Crippen LogP contribution in [0, 0.1) is 0 Å². The van der Waals surface area contributed by atoms with Crippen LogP contribution in [0.15, 0.2) is 52.4 Å². The van der Waals surface area contributed by atoms with Crippen LogP contribution in [0.3, 0.4) is 0 Å². The van der Waals surface area contributed by atoms with E-state index in [0.29, 0.717) is 24.3 Å². The van der Waals surface area contributed by atoms with Gasteiger partial charge < -0.3 is 10.9 Å². The summed E-state index contributed by atoms with van der Waals surface area (Å²) in [5, 5.41) is 12.6. The fourth-order valence-electron chi connectivity index (χ4n) is 2.66. The molecule has 0 amide bonds. The third-order valence-electron chi connectivity index (χ3n) is 3.53. The lowest BCUT2D eigenvalue weighted by atomic mass is 9.88. The maximum absolute atomic E-state index is 12.8. The van der Waals surface area contributed by atoms with E-state index in [9.17, 15) is 9.73 Å². The maximum atomic E-state index is 12.8. The van der Waals surface area contributed by atoms with E-state index in [1.807, 2.05) is 30.3 Å². The highest BCUT2D eigenvalue weighted by Crippen LogP contribution is 2.42. The van der Waals surface area contributed by atoms with Gasteiger partial charge in [0.15, 0.2) is 5.76 Å². The van der Waals surface area contributed by atoms with E-state index in [0.717, 1.165) is 22.3 Å². The summed E-state index contributed by atoms with van der Waals surface area (Å²) >= 11 is 0. The van der Waals surface area contributed by atoms with Crippen LogP contribution >= 0.6 is 0 Å². The highest BCUT2D eigenvalue weighted by Gasteiger charge is 2.31. The third-order valence-corrected chi connectivity index (χ3v) is 3.53. The lowest BCUT2D eigenvalue weighted by Gasteiger charge is -2.18. The average Bonchev–Trinajstić information content (AvgIpc) is 2.85. The Balaban J connectivity index is 2.20. The number of hydrogen-bond donors (Lipinski definition) is 2. The Kier molecular flexibility index (Phi) is 3.12. The molecule has 102 valence electrons. The van der Waals surface area contributed by atoms with Gasteiger partial charge >= 0.3 is 0 Å². The van der Waals surface area contributed by atoms with Crippen LogP contribution < -0.4 is 5.73 Å². The normalized spacial score (nSPS) is 18.6. The van der Waals surface area contributed by atoms with Crippen molar-refractivity contribution in [2.75, 3.05) is 6.54 Å². The Bertz CT molecular complexity index is 687. The van der Waals surface area contributed by atoms with Gasteiger partial charge in [-0.2, -0.15) is 0 Å². The highest BCUT2D eigenvalue weighted by atomic mass is 19.3. The van der Waals surface area contributed by atoms with Crippen LogP contribution in [-0.4, -0.2) is 17.5 Å². The van der Waals surface area contributed by atoms with Crippen LogP contribution in [0.1, 0.15) is 17.5 Å². The van der Waals surface area contributed by atoms with E-state index < -0.39 is 0 Å². The molecule has 1 aromatic rings. The van der Waals surface area contributed by atoms with Gasteiger partial charge in [0.05, 0.1) is 0 Å². The van der Waals surface area contributed by atoms with E-state index >= 15 is 0 Å². The average molecular weight is 272 g/mol. The molecule has 0 radical (unpaired) electrons. The van der Waals surface area contributed by atoms with Crippen molar-refractivity contribution >= 4 is 17.4 Å². The molecule has 0 bridgehead atoms. The lowest BCUT2D eigenvalue weighted by Crippen LogP contribution is -2.17. The van der Waals surface area contributed by atoms with Crippen molar-refractivity contribution < 1.29 is 14.7 Å². The molecule has 2 aliphatic carbocycles. The van der Waals surface area contributed by atoms with Crippen molar-refractivity contribution in [2.45, 2.75) is 6.42 Å². The minimum Gasteiger partial charge on any atom is -0.410 e. The summed E-state index contributed by atoms with van der Waals surface area (Å²) in [6.07, 6.45) is 3.91. The molecule has 0 spiro atoms. The molecule has 20 heavy (non-hydrogen) atoms. The van der Waals surface area contributed by atoms with E-state index in [2.05, 4.69) is 10.1 Å². The Morgan fingerprint density at radius 3 is 2.70 bits per heavy atom. The second-order valence-electron chi connectivity index (χ2n) is 4.61. The SMILES string of the molecule is NCCC1=C(OF)C=C2C(=Cc3ccccc32)C1=NO. The summed E-state index contributed by atoms with van der Waals surface area (Å²) in [4.78, 5) is 3.94. The number of allylic oxidation sites excluding steroid dienone is 3. The second kappa shape index (κ2) is 4.94. The minimum absolute atomic E-state index is 0.0482. The van der Waals surface area contributed by atoms with Crippen LogP contribution in [0.2, 0.25) is 0 Å². The summed E-state index contributed by atoms with van der Waals surface area (Å²) in [6, 6.07) is 7.71. The Hall–Kier alpha value is -2.40. The van der Waals surface area contributed by atoms with Crippen molar-refractivity contribution in [1.82, 2.24) is 0 Å². The minimum atomic E-state index is 0.0482. The standard InChI is InChI=1S/C15H13FN2O2/c16-20-14-8-12-10-4-2-1-3-9(10)7-13(12)15(18-19)11(14)5-6-17/h1-4,7-8,19H,5-6,17H2. The molecule has 0 aromatic heterocycles. The molecule has 1 aromatic carbocycles. The predicted molar refractivity (Wildman–Crippen MR) is 74.5 cm³/mol. The molecular weight excluding hydrogens is 259 g/mol. The van der Waals surface area contributed by atoms with E-state index in [4.69, 9.17) is 5.73 Å². The van der Waals surface area contributed by atoms with Gasteiger partial charge in [-0.25, -0.2) is 0 Å². The molecule has 0 fully saturated rings. The first kappa shape index (κ1) is 12.6. The Morgan fingerprint density at radius 2 is 2.00 bits per heavy atom.